The summed E-state index contributed by atoms with van der Waals surface area (Å²) in [7, 11) is 0. The molecule has 3 aliphatic rings. The molecule has 2 amide bonds. The van der Waals surface area contributed by atoms with Crippen LogP contribution >= 0.6 is 0 Å². The van der Waals surface area contributed by atoms with E-state index in [-0.39, 0.29) is 41.3 Å². The summed E-state index contributed by atoms with van der Waals surface area (Å²) >= 11 is 0. The molecule has 1 aliphatic heterocycles. The summed E-state index contributed by atoms with van der Waals surface area (Å²) in [6.07, 6.45) is 1.26. The summed E-state index contributed by atoms with van der Waals surface area (Å²) in [5.41, 5.74) is 0. The van der Waals surface area contributed by atoms with Crippen molar-refractivity contribution in [2.24, 2.45) is 23.7 Å². The zero-order chi connectivity index (χ0) is 9.16. The normalized spacial score (nSPS) is 46.9. The summed E-state index contributed by atoms with van der Waals surface area (Å²) < 4.78 is 0. The number of hydrogen-bond acceptors (Lipinski definition) is 3. The van der Waals surface area contributed by atoms with Crippen LogP contribution in [-0.2, 0) is 14.4 Å². The van der Waals surface area contributed by atoms with Crippen molar-refractivity contribution in [2.75, 3.05) is 0 Å². The predicted octanol–water partition coefficient (Wildman–Crippen LogP) is -0.516. The van der Waals surface area contributed by atoms with Gasteiger partial charge in [-0.15, -0.1) is 0 Å². The van der Waals surface area contributed by atoms with Crippen LogP contribution in [0.5, 0.6) is 0 Å². The molecule has 4 heteroatoms. The van der Waals surface area contributed by atoms with Gasteiger partial charge in [-0.05, 0) is 12.3 Å². The molecule has 2 bridgehead atoms. The molecule has 1 N–H and O–H groups in total. The lowest BCUT2D eigenvalue weighted by Crippen LogP contribution is -2.30. The molecule has 4 atom stereocenters. The highest BCUT2D eigenvalue weighted by Crippen LogP contribution is 2.52. The van der Waals surface area contributed by atoms with Gasteiger partial charge in [-0.3, -0.25) is 19.7 Å². The molecule has 3 rings (SSSR count). The molecular weight excluding hydrogens is 170 g/mol. The van der Waals surface area contributed by atoms with Crippen LogP contribution in [0, 0.1) is 23.7 Å². The van der Waals surface area contributed by atoms with Crippen molar-refractivity contribution in [3.05, 3.63) is 0 Å². The van der Waals surface area contributed by atoms with Gasteiger partial charge >= 0.3 is 0 Å². The second kappa shape index (κ2) is 2.00. The minimum absolute atomic E-state index is 0.147. The summed E-state index contributed by atoms with van der Waals surface area (Å²) in [5, 5.41) is 2.31. The second-order valence-electron chi connectivity index (χ2n) is 4.18. The average molecular weight is 179 g/mol. The summed E-state index contributed by atoms with van der Waals surface area (Å²) in [6.45, 7) is 0. The molecule has 68 valence electrons. The van der Waals surface area contributed by atoms with Crippen LogP contribution in [0.2, 0.25) is 0 Å². The molecule has 0 radical (unpaired) electrons. The molecule has 0 aromatic carbocycles. The van der Waals surface area contributed by atoms with Crippen molar-refractivity contribution in [1.29, 1.82) is 0 Å². The van der Waals surface area contributed by atoms with Crippen molar-refractivity contribution in [2.45, 2.75) is 12.8 Å². The van der Waals surface area contributed by atoms with E-state index in [1.807, 2.05) is 0 Å². The van der Waals surface area contributed by atoms with Gasteiger partial charge in [-0.2, -0.15) is 0 Å². The third-order valence-electron chi connectivity index (χ3n) is 3.61. The summed E-state index contributed by atoms with van der Waals surface area (Å²) in [6, 6.07) is 0. The fourth-order valence-corrected chi connectivity index (χ4v) is 3.13. The number of fused-ring (bicyclic) bond motifs is 5. The third kappa shape index (κ3) is 0.692. The standard InChI is InChI=1S/C9H9NO3/c11-5-2-3-1-4(5)7-6(3)8(12)10-9(7)13/h3-4,6-7H,1-2H2,(H,10,12,13). The topological polar surface area (TPSA) is 63.2 Å². The lowest BCUT2D eigenvalue weighted by Gasteiger charge is -2.18. The van der Waals surface area contributed by atoms with Gasteiger partial charge in [0.2, 0.25) is 11.8 Å². The van der Waals surface area contributed by atoms with Crippen molar-refractivity contribution >= 4 is 17.6 Å². The number of carbonyl (C=O) groups excluding carboxylic acids is 3. The maximum absolute atomic E-state index is 11.3. The number of imide groups is 1. The lowest BCUT2D eigenvalue weighted by molar-refractivity contribution is -0.131. The quantitative estimate of drug-likeness (QED) is 0.509. The maximum atomic E-state index is 11.3. The van der Waals surface area contributed by atoms with E-state index in [4.69, 9.17) is 0 Å². The first-order chi connectivity index (χ1) is 6.18. The van der Waals surface area contributed by atoms with Crippen molar-refractivity contribution in [3.8, 4) is 0 Å². The van der Waals surface area contributed by atoms with Crippen LogP contribution in [-0.4, -0.2) is 17.6 Å². The SMILES string of the molecule is O=C1CC2CC1C1C(=O)NC(=O)C21. The number of Topliss-reactive ketones (excluding diaryl/α,β-unsaturated/α-hetero) is 1. The van der Waals surface area contributed by atoms with E-state index in [2.05, 4.69) is 5.32 Å². The molecule has 0 aromatic heterocycles. The molecule has 4 unspecified atom stereocenters. The molecule has 4 nitrogen and oxygen atoms in total. The van der Waals surface area contributed by atoms with Crippen LogP contribution in [0.1, 0.15) is 12.8 Å². The van der Waals surface area contributed by atoms with Gasteiger partial charge < -0.3 is 0 Å². The number of amides is 2. The summed E-state index contributed by atoms with van der Waals surface area (Å²) in [4.78, 5) is 34.0. The first-order valence-electron chi connectivity index (χ1n) is 4.56. The van der Waals surface area contributed by atoms with Gasteiger partial charge in [0.15, 0.2) is 0 Å². The van der Waals surface area contributed by atoms with E-state index in [1.54, 1.807) is 0 Å². The number of hydrogen-bond donors (Lipinski definition) is 1. The molecule has 2 aliphatic carbocycles. The Hall–Kier alpha value is -1.19. The molecule has 1 saturated heterocycles. The molecule has 2 saturated carbocycles. The van der Waals surface area contributed by atoms with E-state index >= 15 is 0 Å². The van der Waals surface area contributed by atoms with Gasteiger partial charge in [0.1, 0.15) is 5.78 Å². The van der Waals surface area contributed by atoms with Crippen LogP contribution in [0.3, 0.4) is 0 Å². The zero-order valence-electron chi connectivity index (χ0n) is 6.95. The smallest absolute Gasteiger partial charge is 0.231 e. The lowest BCUT2D eigenvalue weighted by atomic mass is 9.80. The number of rotatable bonds is 0. The third-order valence-corrected chi connectivity index (χ3v) is 3.61. The van der Waals surface area contributed by atoms with E-state index < -0.39 is 0 Å². The second-order valence-corrected chi connectivity index (χ2v) is 4.18. The minimum atomic E-state index is -0.321. The molecule has 13 heavy (non-hydrogen) atoms. The molecule has 0 aromatic rings. The van der Waals surface area contributed by atoms with Crippen molar-refractivity contribution in [3.63, 3.8) is 0 Å². The summed E-state index contributed by atoms with van der Waals surface area (Å²) in [5.74, 6) is -0.717. The Morgan fingerprint density at radius 2 is 1.77 bits per heavy atom. The Morgan fingerprint density at radius 1 is 1.08 bits per heavy atom. The Kier molecular flexibility index (Phi) is 1.11. The Bertz CT molecular complexity index is 336. The van der Waals surface area contributed by atoms with Gasteiger partial charge in [0.05, 0.1) is 11.8 Å². The predicted molar refractivity (Wildman–Crippen MR) is 41.4 cm³/mol. The number of carbonyl (C=O) groups is 3. The zero-order valence-corrected chi connectivity index (χ0v) is 6.95. The molecule has 3 fully saturated rings. The Balaban J connectivity index is 2.05. The first kappa shape index (κ1) is 7.24. The highest BCUT2D eigenvalue weighted by atomic mass is 16.2. The Morgan fingerprint density at radius 3 is 2.54 bits per heavy atom. The van der Waals surface area contributed by atoms with E-state index in [1.165, 1.54) is 0 Å². The highest BCUT2D eigenvalue weighted by Gasteiger charge is 2.61. The Labute approximate surface area is 74.7 Å². The van der Waals surface area contributed by atoms with Crippen molar-refractivity contribution < 1.29 is 14.4 Å². The highest BCUT2D eigenvalue weighted by molar-refractivity contribution is 6.09. The van der Waals surface area contributed by atoms with E-state index in [9.17, 15) is 14.4 Å². The molecule has 0 spiro atoms. The van der Waals surface area contributed by atoms with Crippen molar-refractivity contribution in [1.82, 2.24) is 5.32 Å². The number of nitrogens with one attached hydrogen (secondary N) is 1. The van der Waals surface area contributed by atoms with Gasteiger partial charge in [-0.25, -0.2) is 0 Å². The van der Waals surface area contributed by atoms with E-state index in [0.29, 0.717) is 6.42 Å². The number of ketones is 1. The van der Waals surface area contributed by atoms with Gasteiger partial charge in [0, 0.05) is 12.3 Å². The maximum Gasteiger partial charge on any atom is 0.231 e. The minimum Gasteiger partial charge on any atom is -0.299 e. The van der Waals surface area contributed by atoms with Crippen LogP contribution in [0.15, 0.2) is 0 Å². The first-order valence-corrected chi connectivity index (χ1v) is 4.56. The van der Waals surface area contributed by atoms with Gasteiger partial charge in [-0.1, -0.05) is 0 Å². The monoisotopic (exact) mass is 179 g/mol. The average Bonchev–Trinajstić information content (AvgIpc) is 2.64. The fourth-order valence-electron chi connectivity index (χ4n) is 3.13. The van der Waals surface area contributed by atoms with Crippen LogP contribution < -0.4 is 5.32 Å². The van der Waals surface area contributed by atoms with Gasteiger partial charge in [0.25, 0.3) is 0 Å². The molecule has 1 heterocycles. The molecular formula is C9H9NO3. The largest absolute Gasteiger partial charge is 0.299 e. The fraction of sp³-hybridized carbons (Fsp3) is 0.667. The van der Waals surface area contributed by atoms with E-state index in [0.717, 1.165) is 6.42 Å². The van der Waals surface area contributed by atoms with Crippen LogP contribution in [0.4, 0.5) is 0 Å². The van der Waals surface area contributed by atoms with Crippen LogP contribution in [0.25, 0.3) is 0 Å².